The molecule has 0 amide bonds. The summed E-state index contributed by atoms with van der Waals surface area (Å²) in [4.78, 5) is 9.36. The smallest absolute Gasteiger partial charge is 0.124 e. The van der Waals surface area contributed by atoms with Crippen LogP contribution in [-0.2, 0) is 0 Å². The molecule has 0 aliphatic carbocycles. The minimum Gasteiger partial charge on any atom is -0.370 e. The molecular weight excluding hydrogens is 340 g/mol. The van der Waals surface area contributed by atoms with Crippen molar-refractivity contribution < 1.29 is 0 Å². The standard InChI is InChI=1S/C17H21BrN4/c1-13-8-21(9-13)16-6-7-20(10-16)14-2-4-15(5-3-14)22-11-17(18)19-12-22/h2-5,11-13,16H,6-10H2,1H3. The number of nitrogens with zero attached hydrogens (tertiary/aromatic N) is 4. The van der Waals surface area contributed by atoms with Crippen LogP contribution in [0.5, 0.6) is 0 Å². The first-order valence-electron chi connectivity index (χ1n) is 7.98. The number of anilines is 1. The summed E-state index contributed by atoms with van der Waals surface area (Å²) in [6.45, 7) is 7.25. The minimum absolute atomic E-state index is 0.750. The third-order valence-corrected chi connectivity index (χ3v) is 5.25. The maximum Gasteiger partial charge on any atom is 0.124 e. The Morgan fingerprint density at radius 3 is 2.45 bits per heavy atom. The molecule has 1 aromatic carbocycles. The number of rotatable bonds is 3. The molecule has 4 rings (SSSR count). The van der Waals surface area contributed by atoms with Crippen LogP contribution >= 0.6 is 15.9 Å². The molecule has 2 aliphatic rings. The Morgan fingerprint density at radius 1 is 1.09 bits per heavy atom. The van der Waals surface area contributed by atoms with Crippen molar-refractivity contribution in [3.63, 3.8) is 0 Å². The number of likely N-dealkylation sites (tertiary alicyclic amines) is 1. The van der Waals surface area contributed by atoms with Gasteiger partial charge in [0.05, 0.1) is 0 Å². The highest BCUT2D eigenvalue weighted by molar-refractivity contribution is 9.10. The number of hydrogen-bond donors (Lipinski definition) is 0. The van der Waals surface area contributed by atoms with Gasteiger partial charge >= 0.3 is 0 Å². The molecule has 2 aliphatic heterocycles. The summed E-state index contributed by atoms with van der Waals surface area (Å²) < 4.78 is 2.89. The number of halogens is 1. The molecular formula is C17H21BrN4. The molecule has 116 valence electrons. The lowest BCUT2D eigenvalue weighted by atomic mass is 9.99. The van der Waals surface area contributed by atoms with Gasteiger partial charge in [-0.25, -0.2) is 4.98 Å². The average molecular weight is 361 g/mol. The monoisotopic (exact) mass is 360 g/mol. The molecule has 1 atom stereocenters. The lowest BCUT2D eigenvalue weighted by Gasteiger charge is -2.41. The first-order chi connectivity index (χ1) is 10.7. The van der Waals surface area contributed by atoms with Crippen LogP contribution in [0.25, 0.3) is 5.69 Å². The molecule has 5 heteroatoms. The van der Waals surface area contributed by atoms with E-state index in [-0.39, 0.29) is 0 Å². The van der Waals surface area contributed by atoms with E-state index in [0.717, 1.165) is 22.3 Å². The van der Waals surface area contributed by atoms with E-state index in [1.165, 1.54) is 38.3 Å². The van der Waals surface area contributed by atoms with Crippen LogP contribution in [0.1, 0.15) is 13.3 Å². The molecule has 0 bridgehead atoms. The molecule has 3 heterocycles. The Balaban J connectivity index is 1.43. The van der Waals surface area contributed by atoms with Crippen molar-refractivity contribution in [1.29, 1.82) is 0 Å². The Kier molecular flexibility index (Phi) is 3.70. The largest absolute Gasteiger partial charge is 0.370 e. The molecule has 1 unspecified atom stereocenters. The van der Waals surface area contributed by atoms with Gasteiger partial charge < -0.3 is 9.47 Å². The fourth-order valence-corrected chi connectivity index (χ4v) is 3.91. The molecule has 0 saturated carbocycles. The fraction of sp³-hybridized carbons (Fsp3) is 0.471. The SMILES string of the molecule is CC1CN(C2CCN(c3ccc(-n4cnc(Br)c4)cc3)C2)C1. The van der Waals surface area contributed by atoms with Crippen molar-refractivity contribution in [1.82, 2.24) is 14.5 Å². The van der Waals surface area contributed by atoms with Gasteiger partial charge in [-0.3, -0.25) is 4.90 Å². The lowest BCUT2D eigenvalue weighted by Crippen LogP contribution is -2.51. The Morgan fingerprint density at radius 2 is 1.82 bits per heavy atom. The topological polar surface area (TPSA) is 24.3 Å². The fourth-order valence-electron chi connectivity index (χ4n) is 3.60. The second-order valence-electron chi connectivity index (χ2n) is 6.57. The predicted octanol–water partition coefficient (Wildman–Crippen LogP) is 3.17. The van der Waals surface area contributed by atoms with Crippen molar-refractivity contribution in [2.75, 3.05) is 31.1 Å². The Bertz CT molecular complexity index is 645. The number of hydrogen-bond acceptors (Lipinski definition) is 3. The summed E-state index contributed by atoms with van der Waals surface area (Å²) in [5.41, 5.74) is 2.48. The summed E-state index contributed by atoms with van der Waals surface area (Å²) in [6.07, 6.45) is 5.10. The van der Waals surface area contributed by atoms with E-state index in [1.54, 1.807) is 0 Å². The van der Waals surface area contributed by atoms with Crippen LogP contribution in [0.2, 0.25) is 0 Å². The van der Waals surface area contributed by atoms with E-state index >= 15 is 0 Å². The van der Waals surface area contributed by atoms with Crippen molar-refractivity contribution in [3.8, 4) is 5.69 Å². The zero-order chi connectivity index (χ0) is 15.1. The highest BCUT2D eigenvalue weighted by Gasteiger charge is 2.33. The highest BCUT2D eigenvalue weighted by Crippen LogP contribution is 2.28. The number of benzene rings is 1. The second-order valence-corrected chi connectivity index (χ2v) is 7.38. The second kappa shape index (κ2) is 5.70. The minimum atomic E-state index is 0.750. The van der Waals surface area contributed by atoms with E-state index in [1.807, 2.05) is 17.1 Å². The molecule has 0 N–H and O–H groups in total. The number of imidazole rings is 1. The van der Waals surface area contributed by atoms with E-state index in [4.69, 9.17) is 0 Å². The lowest BCUT2D eigenvalue weighted by molar-refractivity contribution is 0.0718. The zero-order valence-corrected chi connectivity index (χ0v) is 14.4. The van der Waals surface area contributed by atoms with Crippen LogP contribution < -0.4 is 4.90 Å². The molecule has 0 spiro atoms. The van der Waals surface area contributed by atoms with Crippen LogP contribution in [0.15, 0.2) is 41.4 Å². The average Bonchev–Trinajstić information content (AvgIpc) is 3.13. The van der Waals surface area contributed by atoms with Gasteiger partial charge in [0.1, 0.15) is 10.9 Å². The van der Waals surface area contributed by atoms with Crippen molar-refractivity contribution in [2.45, 2.75) is 19.4 Å². The van der Waals surface area contributed by atoms with Gasteiger partial charge in [-0.15, -0.1) is 0 Å². The van der Waals surface area contributed by atoms with Crippen LogP contribution in [-0.4, -0.2) is 46.7 Å². The van der Waals surface area contributed by atoms with Crippen molar-refractivity contribution in [3.05, 3.63) is 41.4 Å². The highest BCUT2D eigenvalue weighted by atomic mass is 79.9. The van der Waals surface area contributed by atoms with Crippen molar-refractivity contribution >= 4 is 21.6 Å². The molecule has 2 saturated heterocycles. The van der Waals surface area contributed by atoms with Gasteiger partial charge in [0.25, 0.3) is 0 Å². The quantitative estimate of drug-likeness (QED) is 0.839. The van der Waals surface area contributed by atoms with Gasteiger partial charge in [-0.2, -0.15) is 0 Å². The summed E-state index contributed by atoms with van der Waals surface area (Å²) >= 11 is 3.39. The molecule has 2 fully saturated rings. The van der Waals surface area contributed by atoms with Crippen LogP contribution in [0, 0.1) is 5.92 Å². The zero-order valence-electron chi connectivity index (χ0n) is 12.8. The number of aromatic nitrogens is 2. The third kappa shape index (κ3) is 2.68. The first kappa shape index (κ1) is 14.3. The summed E-state index contributed by atoms with van der Waals surface area (Å²) in [7, 11) is 0. The molecule has 4 nitrogen and oxygen atoms in total. The molecule has 1 aromatic heterocycles. The van der Waals surface area contributed by atoms with Gasteiger partial charge in [-0.05, 0) is 52.5 Å². The third-order valence-electron chi connectivity index (χ3n) is 4.84. The van der Waals surface area contributed by atoms with Crippen molar-refractivity contribution in [2.24, 2.45) is 5.92 Å². The first-order valence-corrected chi connectivity index (χ1v) is 8.77. The van der Waals surface area contributed by atoms with Gasteiger partial charge in [0, 0.05) is 49.8 Å². The predicted molar refractivity (Wildman–Crippen MR) is 92.6 cm³/mol. The molecule has 22 heavy (non-hydrogen) atoms. The summed E-state index contributed by atoms with van der Waals surface area (Å²) in [6, 6.07) is 9.54. The maximum atomic E-state index is 4.21. The summed E-state index contributed by atoms with van der Waals surface area (Å²) in [5, 5.41) is 0. The molecule has 0 radical (unpaired) electrons. The van der Waals surface area contributed by atoms with Crippen LogP contribution in [0.4, 0.5) is 5.69 Å². The van der Waals surface area contributed by atoms with Gasteiger partial charge in [0.2, 0.25) is 0 Å². The Labute approximate surface area is 139 Å². The summed E-state index contributed by atoms with van der Waals surface area (Å²) in [5.74, 6) is 0.892. The van der Waals surface area contributed by atoms with E-state index in [2.05, 4.69) is 61.9 Å². The van der Waals surface area contributed by atoms with Crippen LogP contribution in [0.3, 0.4) is 0 Å². The van der Waals surface area contributed by atoms with E-state index in [9.17, 15) is 0 Å². The normalized spacial score (nSPS) is 23.0. The maximum absolute atomic E-state index is 4.21. The molecule has 2 aromatic rings. The van der Waals surface area contributed by atoms with E-state index < -0.39 is 0 Å². The van der Waals surface area contributed by atoms with Gasteiger partial charge in [0.15, 0.2) is 0 Å². The Hall–Kier alpha value is -1.33. The van der Waals surface area contributed by atoms with E-state index in [0.29, 0.717) is 0 Å². The van der Waals surface area contributed by atoms with Gasteiger partial charge in [-0.1, -0.05) is 6.92 Å².